The fourth-order valence-electron chi connectivity index (χ4n) is 1.43. The van der Waals surface area contributed by atoms with Crippen molar-refractivity contribution in [2.45, 2.75) is 0 Å². The third-order valence-electron chi connectivity index (χ3n) is 2.10. The van der Waals surface area contributed by atoms with Crippen LogP contribution in [0.2, 0.25) is 0 Å². The molecule has 0 saturated heterocycles. The van der Waals surface area contributed by atoms with E-state index < -0.39 is 0 Å². The van der Waals surface area contributed by atoms with Gasteiger partial charge in [-0.3, -0.25) is 0 Å². The molecule has 16 heavy (non-hydrogen) atoms. The van der Waals surface area contributed by atoms with Crippen LogP contribution in [0.1, 0.15) is 5.56 Å². The highest BCUT2D eigenvalue weighted by atomic mass is 16.1. The number of fused-ring (bicyclic) bond motifs is 1. The quantitative estimate of drug-likeness (QED) is 0.458. The molecule has 0 aliphatic carbocycles. The summed E-state index contributed by atoms with van der Waals surface area (Å²) in [6, 6.07) is 5.54. The Kier molecular flexibility index (Phi) is 2.75. The number of azide groups is 1. The van der Waals surface area contributed by atoms with E-state index in [4.69, 9.17) is 5.53 Å². The molecule has 1 heterocycles. The summed E-state index contributed by atoms with van der Waals surface area (Å²) in [6.45, 7) is 0.318. The van der Waals surface area contributed by atoms with Crippen molar-refractivity contribution < 1.29 is 0 Å². The fraction of sp³-hybridized carbons (Fsp3) is 0.100. The van der Waals surface area contributed by atoms with E-state index in [9.17, 15) is 4.79 Å². The molecule has 2 rings (SSSR count). The van der Waals surface area contributed by atoms with Crippen molar-refractivity contribution in [3.8, 4) is 0 Å². The Morgan fingerprint density at radius 2 is 2.19 bits per heavy atom. The highest BCUT2D eigenvalue weighted by Gasteiger charge is 1.96. The molecule has 1 aromatic carbocycles. The number of nitrogens with one attached hydrogen (secondary N) is 2. The summed E-state index contributed by atoms with van der Waals surface area (Å²) in [5, 5.41) is 3.38. The van der Waals surface area contributed by atoms with Crippen molar-refractivity contribution >= 4 is 17.1 Å². The topological polar surface area (TPSA) is 97.4 Å². The summed E-state index contributed by atoms with van der Waals surface area (Å²) in [4.78, 5) is 19.0. The Labute approximate surface area is 90.2 Å². The van der Waals surface area contributed by atoms with Crippen LogP contribution in [0, 0.1) is 0 Å². The van der Waals surface area contributed by atoms with Crippen LogP contribution in [0.25, 0.3) is 27.6 Å². The van der Waals surface area contributed by atoms with Crippen LogP contribution in [-0.4, -0.2) is 16.5 Å². The summed E-state index contributed by atoms with van der Waals surface area (Å²) in [5.41, 5.74) is 10.3. The number of hydrogen-bond donors (Lipinski definition) is 2. The van der Waals surface area contributed by atoms with Gasteiger partial charge in [0.25, 0.3) is 0 Å². The third-order valence-corrected chi connectivity index (χ3v) is 2.10. The fourth-order valence-corrected chi connectivity index (χ4v) is 1.43. The molecule has 0 spiro atoms. The molecule has 0 unspecified atom stereocenters. The molecule has 80 valence electrons. The van der Waals surface area contributed by atoms with E-state index in [-0.39, 0.29) is 5.69 Å². The normalized spacial score (nSPS) is 10.8. The van der Waals surface area contributed by atoms with Gasteiger partial charge < -0.3 is 9.97 Å². The molecule has 0 saturated carbocycles. The second-order valence-electron chi connectivity index (χ2n) is 3.20. The van der Waals surface area contributed by atoms with Gasteiger partial charge in [-0.05, 0) is 23.2 Å². The Balaban J connectivity index is 2.28. The van der Waals surface area contributed by atoms with E-state index in [2.05, 4.69) is 20.0 Å². The van der Waals surface area contributed by atoms with Gasteiger partial charge in [-0.15, -0.1) is 0 Å². The Morgan fingerprint density at radius 1 is 1.38 bits per heavy atom. The van der Waals surface area contributed by atoms with Crippen LogP contribution in [0.15, 0.2) is 34.2 Å². The van der Waals surface area contributed by atoms with Crippen LogP contribution in [0.3, 0.4) is 0 Å². The van der Waals surface area contributed by atoms with Crippen molar-refractivity contribution in [3.63, 3.8) is 0 Å². The molecule has 0 bridgehead atoms. The molecule has 0 radical (unpaired) electrons. The van der Waals surface area contributed by atoms with Crippen molar-refractivity contribution in [2.75, 3.05) is 6.54 Å². The number of aromatic amines is 2. The maximum absolute atomic E-state index is 11.0. The van der Waals surface area contributed by atoms with Gasteiger partial charge >= 0.3 is 5.69 Å². The smallest absolute Gasteiger partial charge is 0.306 e. The Bertz CT molecular complexity index is 630. The average Bonchev–Trinajstić information content (AvgIpc) is 2.64. The Morgan fingerprint density at radius 3 is 3.00 bits per heavy atom. The second kappa shape index (κ2) is 4.37. The van der Waals surface area contributed by atoms with Crippen LogP contribution in [0.5, 0.6) is 0 Å². The monoisotopic (exact) mass is 215 g/mol. The van der Waals surface area contributed by atoms with E-state index >= 15 is 0 Å². The lowest BCUT2D eigenvalue weighted by Gasteiger charge is -1.92. The molecular formula is C10H9N5O. The van der Waals surface area contributed by atoms with Gasteiger partial charge in [-0.2, -0.15) is 0 Å². The van der Waals surface area contributed by atoms with E-state index in [1.54, 1.807) is 6.08 Å². The zero-order chi connectivity index (χ0) is 11.4. The first-order valence-electron chi connectivity index (χ1n) is 4.69. The number of rotatable bonds is 3. The van der Waals surface area contributed by atoms with Gasteiger partial charge in [0.2, 0.25) is 0 Å². The maximum atomic E-state index is 11.0. The van der Waals surface area contributed by atoms with E-state index in [1.807, 2.05) is 24.3 Å². The number of aromatic nitrogens is 2. The predicted octanol–water partition coefficient (Wildman–Crippen LogP) is 2.18. The first-order valence-corrected chi connectivity index (χ1v) is 4.69. The lowest BCUT2D eigenvalue weighted by atomic mass is 10.2. The van der Waals surface area contributed by atoms with Crippen molar-refractivity contribution in [2.24, 2.45) is 5.11 Å². The molecule has 0 aliphatic rings. The largest absolute Gasteiger partial charge is 0.323 e. The number of imidazole rings is 1. The maximum Gasteiger partial charge on any atom is 0.323 e. The van der Waals surface area contributed by atoms with Gasteiger partial charge in [0.05, 0.1) is 11.0 Å². The van der Waals surface area contributed by atoms with Gasteiger partial charge in [-0.25, -0.2) is 4.79 Å². The predicted molar refractivity (Wildman–Crippen MR) is 62.0 cm³/mol. The van der Waals surface area contributed by atoms with Crippen LogP contribution in [-0.2, 0) is 0 Å². The van der Waals surface area contributed by atoms with Gasteiger partial charge in [0, 0.05) is 11.5 Å². The molecule has 6 heteroatoms. The molecule has 6 nitrogen and oxygen atoms in total. The second-order valence-corrected chi connectivity index (χ2v) is 3.20. The van der Waals surface area contributed by atoms with Crippen molar-refractivity contribution in [1.29, 1.82) is 0 Å². The highest BCUT2D eigenvalue weighted by Crippen LogP contribution is 2.11. The van der Waals surface area contributed by atoms with E-state index in [1.165, 1.54) is 0 Å². The van der Waals surface area contributed by atoms with Gasteiger partial charge in [0.15, 0.2) is 0 Å². The zero-order valence-corrected chi connectivity index (χ0v) is 8.34. The van der Waals surface area contributed by atoms with Crippen LogP contribution < -0.4 is 5.69 Å². The zero-order valence-electron chi connectivity index (χ0n) is 8.34. The van der Waals surface area contributed by atoms with E-state index in [0.717, 1.165) is 16.6 Å². The molecule has 0 amide bonds. The Hall–Kier alpha value is -2.46. The molecule has 0 aliphatic heterocycles. The van der Waals surface area contributed by atoms with Crippen molar-refractivity contribution in [1.82, 2.24) is 9.97 Å². The highest BCUT2D eigenvalue weighted by molar-refractivity contribution is 5.77. The minimum atomic E-state index is -0.217. The lowest BCUT2D eigenvalue weighted by Crippen LogP contribution is -1.99. The minimum Gasteiger partial charge on any atom is -0.306 e. The standard InChI is InChI=1S/C10H9N5O/c11-15-12-5-1-2-7-3-4-8-9(6-7)14-10(16)13-8/h1-4,6H,5H2,(H2,13,14,16). The number of hydrogen-bond acceptors (Lipinski definition) is 2. The summed E-state index contributed by atoms with van der Waals surface area (Å²) in [6.07, 6.45) is 3.59. The number of nitrogens with zero attached hydrogens (tertiary/aromatic N) is 3. The molecule has 2 N–H and O–H groups in total. The summed E-state index contributed by atoms with van der Waals surface area (Å²) < 4.78 is 0. The van der Waals surface area contributed by atoms with Crippen molar-refractivity contribution in [3.05, 3.63) is 50.8 Å². The first kappa shape index (κ1) is 10.1. The molecule has 0 atom stereocenters. The van der Waals surface area contributed by atoms with Crippen LogP contribution in [0.4, 0.5) is 0 Å². The molecular weight excluding hydrogens is 206 g/mol. The summed E-state index contributed by atoms with van der Waals surface area (Å²) in [7, 11) is 0. The van der Waals surface area contributed by atoms with E-state index in [0.29, 0.717) is 6.54 Å². The lowest BCUT2D eigenvalue weighted by molar-refractivity contribution is 1.21. The average molecular weight is 215 g/mol. The molecule has 2 aromatic rings. The van der Waals surface area contributed by atoms with Gasteiger partial charge in [-0.1, -0.05) is 23.3 Å². The van der Waals surface area contributed by atoms with Crippen LogP contribution >= 0.6 is 0 Å². The SMILES string of the molecule is [N-]=[N+]=NCC=Cc1ccc2[nH]c(=O)[nH]c2c1. The van der Waals surface area contributed by atoms with Gasteiger partial charge in [0.1, 0.15) is 0 Å². The summed E-state index contributed by atoms with van der Waals surface area (Å²) >= 11 is 0. The first-order chi connectivity index (χ1) is 7.79. The molecule has 1 aromatic heterocycles. The minimum absolute atomic E-state index is 0.217. The number of H-pyrrole nitrogens is 2. The molecule has 0 fully saturated rings. The number of benzene rings is 1. The summed E-state index contributed by atoms with van der Waals surface area (Å²) in [5.74, 6) is 0. The third kappa shape index (κ3) is 2.13.